The summed E-state index contributed by atoms with van der Waals surface area (Å²) in [6.45, 7) is 0. The number of hydrogen-bond acceptors (Lipinski definition) is 8. The SMILES string of the molecule is c1ccc(-c2ccc(-c3nc(-c4cccc(-c5cccc6c5sc5ccccc56)c4)nc(-c4cccc5c4C(c4ccccc4)(c4ccccc4)c4ccccc4-5)n3)cc2)cc1.c1ccc(-c2cccc(-c3nc(-c4ccc(-c5ccc(-c6cccc7c6sc6ccccc67)cc5)cc4)nc(-c4cccc5c4C4(c6ccccc6-c6ccccc64)c4ccccc4-5)n3)c2)cc1. The molecule has 0 atom stereocenters. The van der Waals surface area contributed by atoms with Gasteiger partial charge in [-0.15, -0.1) is 22.7 Å². The molecule has 130 heavy (non-hydrogen) atoms. The summed E-state index contributed by atoms with van der Waals surface area (Å²) < 4.78 is 5.21. The van der Waals surface area contributed by atoms with Gasteiger partial charge in [-0.3, -0.25) is 0 Å². The van der Waals surface area contributed by atoms with Crippen molar-refractivity contribution in [2.45, 2.75) is 10.8 Å². The third-order valence-corrected chi connectivity index (χ3v) is 29.1. The van der Waals surface area contributed by atoms with E-state index in [4.69, 9.17) is 29.9 Å². The fourth-order valence-corrected chi connectivity index (χ4v) is 23.4. The number of benzene rings is 19. The Morgan fingerprint density at radius 3 is 0.869 bits per heavy atom. The number of thiophene rings is 2. The Bertz CT molecular complexity index is 8290. The summed E-state index contributed by atoms with van der Waals surface area (Å²) in [6, 6.07) is 166. The zero-order chi connectivity index (χ0) is 85.8. The highest BCUT2D eigenvalue weighted by Crippen LogP contribution is 2.65. The molecule has 26 rings (SSSR count). The van der Waals surface area contributed by atoms with Gasteiger partial charge in [0.05, 0.1) is 10.8 Å². The van der Waals surface area contributed by atoms with Crippen molar-refractivity contribution in [2.24, 2.45) is 0 Å². The van der Waals surface area contributed by atoms with Crippen molar-refractivity contribution in [2.75, 3.05) is 0 Å². The molecule has 0 fully saturated rings. The molecule has 0 N–H and O–H groups in total. The van der Waals surface area contributed by atoms with Crippen LogP contribution in [0.25, 0.3) is 198 Å². The van der Waals surface area contributed by atoms with Crippen LogP contribution in [0.1, 0.15) is 44.5 Å². The van der Waals surface area contributed by atoms with Crippen LogP contribution >= 0.6 is 22.7 Å². The van der Waals surface area contributed by atoms with Crippen LogP contribution in [-0.2, 0) is 10.8 Å². The van der Waals surface area contributed by atoms with Crippen molar-refractivity contribution in [3.8, 4) is 157 Å². The largest absolute Gasteiger partial charge is 0.208 e. The summed E-state index contributed by atoms with van der Waals surface area (Å²) in [4.78, 5) is 32.4. The van der Waals surface area contributed by atoms with Crippen molar-refractivity contribution in [1.82, 2.24) is 29.9 Å². The first kappa shape index (κ1) is 76.1. The minimum Gasteiger partial charge on any atom is -0.208 e. The van der Waals surface area contributed by atoms with E-state index in [1.807, 2.05) is 28.7 Å². The quantitative estimate of drug-likeness (QED) is 0.114. The zero-order valence-electron chi connectivity index (χ0n) is 70.4. The molecule has 4 aromatic heterocycles. The van der Waals surface area contributed by atoms with Crippen LogP contribution in [0.4, 0.5) is 0 Å². The third-order valence-electron chi connectivity index (χ3n) is 26.6. The lowest BCUT2D eigenvalue weighted by Crippen LogP contribution is -2.29. The van der Waals surface area contributed by atoms with E-state index in [0.717, 1.165) is 66.8 Å². The predicted molar refractivity (Wildman–Crippen MR) is 539 cm³/mol. The van der Waals surface area contributed by atoms with Gasteiger partial charge in [-0.05, 0) is 158 Å². The van der Waals surface area contributed by atoms with Crippen LogP contribution in [0.15, 0.2) is 461 Å². The lowest BCUT2D eigenvalue weighted by atomic mass is 9.66. The van der Waals surface area contributed by atoms with Gasteiger partial charge in [-0.2, -0.15) is 0 Å². The lowest BCUT2D eigenvalue weighted by molar-refractivity contribution is 0.769. The van der Waals surface area contributed by atoms with Gasteiger partial charge in [0.15, 0.2) is 34.9 Å². The maximum atomic E-state index is 5.47. The average Bonchev–Trinajstić information content (AvgIpc) is 1.50. The van der Waals surface area contributed by atoms with E-state index in [1.54, 1.807) is 0 Å². The maximum absolute atomic E-state index is 5.47. The van der Waals surface area contributed by atoms with E-state index in [9.17, 15) is 0 Å². The number of nitrogens with zero attached hydrogens (tertiary/aromatic N) is 6. The first-order valence-electron chi connectivity index (χ1n) is 44.2. The van der Waals surface area contributed by atoms with Crippen molar-refractivity contribution < 1.29 is 0 Å². The third kappa shape index (κ3) is 12.4. The second kappa shape index (κ2) is 31.3. The molecule has 4 heterocycles. The standard InChI is InChI=1S/C64H39N3S.C58H37N3S/c1-2-15-40(16-3-1)45-17-12-18-46(39-45)62-65-61(44-37-33-42(34-38-44)41-31-35-43(36-32-41)47-23-13-25-53-51-22-7-11-30-58(51)68-60(47)53)66-63(67-62)54-26-14-24-52-50-21-6-10-29-57(50)64(59(52)54)55-27-8-4-19-48(55)49-20-5-9-28-56(49)64;1-4-17-38(18-5-1)39-33-35-40(36-34-39)55-59-56(42-20-14-19-41(37-42)45-27-15-29-49-47-26-11-13-32-52(47)62-54(45)49)61-57(60-55)50-30-16-28-48-46-25-10-12-31-51(46)58(53(48)50,43-21-6-2-7-22-43)44-23-8-3-9-24-44/h1-39H;1-37H. The van der Waals surface area contributed by atoms with Gasteiger partial charge < -0.3 is 0 Å². The maximum Gasteiger partial charge on any atom is 0.164 e. The predicted octanol–water partition coefficient (Wildman–Crippen LogP) is 31.5. The first-order valence-corrected chi connectivity index (χ1v) is 45.8. The summed E-state index contributed by atoms with van der Waals surface area (Å²) in [6.07, 6.45) is 0. The molecule has 6 nitrogen and oxygen atoms in total. The molecule has 0 unspecified atom stereocenters. The van der Waals surface area contributed by atoms with Crippen molar-refractivity contribution in [1.29, 1.82) is 0 Å². The number of fused-ring (bicyclic) bond motifs is 19. The molecule has 3 aliphatic rings. The van der Waals surface area contributed by atoms with Gasteiger partial charge in [-0.25, -0.2) is 29.9 Å². The highest BCUT2D eigenvalue weighted by molar-refractivity contribution is 7.26. The number of hydrogen-bond donors (Lipinski definition) is 0. The van der Waals surface area contributed by atoms with E-state index in [1.165, 1.54) is 140 Å². The molecular weight excluding hydrogens is 1610 g/mol. The Morgan fingerprint density at radius 2 is 0.415 bits per heavy atom. The molecule has 0 saturated heterocycles. The number of aromatic nitrogens is 6. The van der Waals surface area contributed by atoms with Crippen molar-refractivity contribution >= 4 is 63.0 Å². The van der Waals surface area contributed by atoms with Gasteiger partial charge in [0.25, 0.3) is 0 Å². The average molecular weight is 1690 g/mol. The van der Waals surface area contributed by atoms with Gasteiger partial charge in [0.2, 0.25) is 0 Å². The second-order valence-corrected chi connectivity index (χ2v) is 35.8. The molecule has 0 saturated carbocycles. The highest BCUT2D eigenvalue weighted by atomic mass is 32.1. The zero-order valence-corrected chi connectivity index (χ0v) is 72.0. The summed E-state index contributed by atoms with van der Waals surface area (Å²) in [5.41, 5.74) is 33.4. The normalized spacial score (nSPS) is 12.7. The molecule has 0 aliphatic heterocycles. The van der Waals surface area contributed by atoms with Crippen LogP contribution in [0.2, 0.25) is 0 Å². The fraction of sp³-hybridized carbons (Fsp3) is 0.0164. The Hall–Kier alpha value is -16.4. The van der Waals surface area contributed by atoms with E-state index in [-0.39, 0.29) is 0 Å². The van der Waals surface area contributed by atoms with Crippen LogP contribution in [0.5, 0.6) is 0 Å². The molecule has 0 bridgehead atoms. The van der Waals surface area contributed by atoms with Crippen LogP contribution < -0.4 is 0 Å². The first-order chi connectivity index (χ1) is 64.4. The van der Waals surface area contributed by atoms with E-state index < -0.39 is 10.8 Å². The molecule has 1 spiro atoms. The minimum absolute atomic E-state index is 0.558. The summed E-state index contributed by atoms with van der Waals surface area (Å²) in [5.74, 6) is 3.79. The second-order valence-electron chi connectivity index (χ2n) is 33.7. The van der Waals surface area contributed by atoms with Crippen molar-refractivity contribution in [3.05, 3.63) is 506 Å². The van der Waals surface area contributed by atoms with Gasteiger partial charge >= 0.3 is 0 Å². The van der Waals surface area contributed by atoms with Crippen LogP contribution in [0.3, 0.4) is 0 Å². The lowest BCUT2D eigenvalue weighted by Gasteiger charge is -2.35. The molecule has 0 radical (unpaired) electrons. The Kier molecular flexibility index (Phi) is 18.3. The van der Waals surface area contributed by atoms with E-state index in [0.29, 0.717) is 34.9 Å². The molecule has 606 valence electrons. The van der Waals surface area contributed by atoms with Gasteiger partial charge in [-0.1, -0.05) is 437 Å². The Labute approximate surface area is 761 Å². The Morgan fingerprint density at radius 1 is 0.154 bits per heavy atom. The molecule has 19 aromatic carbocycles. The molecule has 0 amide bonds. The van der Waals surface area contributed by atoms with Gasteiger partial charge in [0.1, 0.15) is 0 Å². The van der Waals surface area contributed by atoms with Crippen molar-refractivity contribution in [3.63, 3.8) is 0 Å². The smallest absolute Gasteiger partial charge is 0.164 e. The van der Waals surface area contributed by atoms with Gasteiger partial charge in [0, 0.05) is 73.7 Å². The molecule has 3 aliphatic carbocycles. The summed E-state index contributed by atoms with van der Waals surface area (Å²) in [7, 11) is 0. The van der Waals surface area contributed by atoms with E-state index >= 15 is 0 Å². The molecule has 23 aromatic rings. The Balaban J connectivity index is 0.000000141. The summed E-state index contributed by atoms with van der Waals surface area (Å²) in [5, 5.41) is 5.19. The minimum atomic E-state index is -0.627. The van der Waals surface area contributed by atoms with Crippen LogP contribution in [-0.4, -0.2) is 29.9 Å². The van der Waals surface area contributed by atoms with Crippen LogP contribution in [0, 0.1) is 0 Å². The molecular formula is C122H76N6S2. The molecule has 8 heteroatoms. The highest BCUT2D eigenvalue weighted by Gasteiger charge is 2.53. The fourth-order valence-electron chi connectivity index (χ4n) is 20.9. The monoisotopic (exact) mass is 1690 g/mol. The van der Waals surface area contributed by atoms with E-state index in [2.05, 4.69) is 455 Å². The summed E-state index contributed by atoms with van der Waals surface area (Å²) >= 11 is 3.71. The topological polar surface area (TPSA) is 77.3 Å². The number of rotatable bonds is 13.